The van der Waals surface area contributed by atoms with Crippen molar-refractivity contribution in [3.8, 4) is 0 Å². The molecule has 0 saturated carbocycles. The van der Waals surface area contributed by atoms with E-state index in [-0.39, 0.29) is 0 Å². The third kappa shape index (κ3) is 6.80. The molecule has 2 N–H and O–H groups in total. The fraction of sp³-hybridized carbons (Fsp3) is 0.667. The van der Waals surface area contributed by atoms with Crippen LogP contribution in [0.25, 0.3) is 0 Å². The Morgan fingerprint density at radius 3 is 2.38 bits per heavy atom. The van der Waals surface area contributed by atoms with E-state index in [9.17, 15) is 0 Å². The second-order valence-corrected chi connectivity index (χ2v) is 8.03. The van der Waals surface area contributed by atoms with Crippen molar-refractivity contribution in [3.05, 3.63) is 20.8 Å². The Bertz CT molecular complexity index is 435. The number of hydrogen-bond donors (Lipinski definition) is 2. The smallest absolute Gasteiger partial charge is 0.191 e. The molecule has 0 radical (unpaired) electrons. The van der Waals surface area contributed by atoms with Crippen molar-refractivity contribution >= 4 is 33.2 Å². The molecular formula is C15H27BrN4S. The average Bonchev–Trinajstić information content (AvgIpc) is 2.82. The predicted molar refractivity (Wildman–Crippen MR) is 97.2 cm³/mol. The maximum atomic E-state index is 4.27. The summed E-state index contributed by atoms with van der Waals surface area (Å²) in [6.07, 6.45) is 0. The molecular weight excluding hydrogens is 348 g/mol. The highest BCUT2D eigenvalue weighted by Crippen LogP contribution is 2.21. The van der Waals surface area contributed by atoms with Gasteiger partial charge in [-0.15, -0.1) is 11.3 Å². The molecule has 0 aromatic carbocycles. The normalized spacial score (nSPS) is 12.5. The van der Waals surface area contributed by atoms with Gasteiger partial charge in [0, 0.05) is 37.1 Å². The average molecular weight is 375 g/mol. The zero-order chi connectivity index (χ0) is 15.8. The van der Waals surface area contributed by atoms with Crippen molar-refractivity contribution in [2.45, 2.75) is 46.3 Å². The highest BCUT2D eigenvalue weighted by Gasteiger charge is 2.12. The summed E-state index contributed by atoms with van der Waals surface area (Å²) in [5.74, 6) is 0.854. The Morgan fingerprint density at radius 1 is 1.24 bits per heavy atom. The van der Waals surface area contributed by atoms with Crippen LogP contribution < -0.4 is 10.6 Å². The summed E-state index contributed by atoms with van der Waals surface area (Å²) in [5, 5.41) is 6.72. The Morgan fingerprint density at radius 2 is 1.90 bits per heavy atom. The summed E-state index contributed by atoms with van der Waals surface area (Å²) in [6, 6.07) is 5.31. The molecule has 0 spiro atoms. The molecule has 1 aromatic rings. The third-order valence-electron chi connectivity index (χ3n) is 3.27. The number of aliphatic imine (C=N–C) groups is 1. The monoisotopic (exact) mass is 374 g/mol. The maximum Gasteiger partial charge on any atom is 0.191 e. The van der Waals surface area contributed by atoms with Gasteiger partial charge in [0.05, 0.1) is 10.3 Å². The van der Waals surface area contributed by atoms with Gasteiger partial charge in [0.25, 0.3) is 0 Å². The van der Waals surface area contributed by atoms with Crippen LogP contribution in [0.5, 0.6) is 0 Å². The zero-order valence-electron chi connectivity index (χ0n) is 13.6. The molecule has 0 aliphatic heterocycles. The Hall–Kier alpha value is -0.590. The molecule has 0 aliphatic rings. The number of rotatable bonds is 7. The summed E-state index contributed by atoms with van der Waals surface area (Å²) in [5.41, 5.74) is 0. The number of nitrogens with zero attached hydrogens (tertiary/aromatic N) is 2. The highest BCUT2D eigenvalue weighted by atomic mass is 79.9. The quantitative estimate of drug-likeness (QED) is 0.568. The largest absolute Gasteiger partial charge is 0.355 e. The van der Waals surface area contributed by atoms with Crippen LogP contribution in [0.15, 0.2) is 20.9 Å². The molecule has 1 rings (SSSR count). The molecule has 120 valence electrons. The van der Waals surface area contributed by atoms with Crippen LogP contribution in [-0.2, 0) is 6.54 Å². The predicted octanol–water partition coefficient (Wildman–Crippen LogP) is 3.29. The molecule has 0 fully saturated rings. The van der Waals surface area contributed by atoms with Gasteiger partial charge < -0.3 is 10.6 Å². The lowest BCUT2D eigenvalue weighted by atomic mass is 10.2. The lowest BCUT2D eigenvalue weighted by molar-refractivity contribution is 0.178. The fourth-order valence-corrected chi connectivity index (χ4v) is 3.68. The topological polar surface area (TPSA) is 39.7 Å². The Kier molecular flexibility index (Phi) is 8.29. The van der Waals surface area contributed by atoms with Crippen LogP contribution in [0.4, 0.5) is 0 Å². The van der Waals surface area contributed by atoms with Gasteiger partial charge in [0.2, 0.25) is 0 Å². The van der Waals surface area contributed by atoms with Gasteiger partial charge in [-0.05, 0) is 55.8 Å². The van der Waals surface area contributed by atoms with Gasteiger partial charge in [-0.2, -0.15) is 0 Å². The SMILES string of the molecule is CN=C(NCCN(C(C)C)C(C)C)NCc1ccc(Br)s1. The van der Waals surface area contributed by atoms with E-state index in [0.717, 1.165) is 29.4 Å². The molecule has 0 saturated heterocycles. The highest BCUT2D eigenvalue weighted by molar-refractivity contribution is 9.11. The van der Waals surface area contributed by atoms with Crippen LogP contribution in [0.2, 0.25) is 0 Å². The molecule has 6 heteroatoms. The lowest BCUT2D eigenvalue weighted by Crippen LogP contribution is -2.45. The number of thiophene rings is 1. The second-order valence-electron chi connectivity index (χ2n) is 5.48. The van der Waals surface area contributed by atoms with Gasteiger partial charge in [0.15, 0.2) is 5.96 Å². The zero-order valence-corrected chi connectivity index (χ0v) is 16.0. The first kappa shape index (κ1) is 18.5. The molecule has 21 heavy (non-hydrogen) atoms. The van der Waals surface area contributed by atoms with E-state index in [1.807, 2.05) is 7.05 Å². The summed E-state index contributed by atoms with van der Waals surface area (Å²) in [6.45, 7) is 11.7. The van der Waals surface area contributed by atoms with E-state index in [1.54, 1.807) is 11.3 Å². The Balaban J connectivity index is 2.34. The van der Waals surface area contributed by atoms with Gasteiger partial charge in [-0.25, -0.2) is 0 Å². The number of halogens is 1. The first-order chi connectivity index (χ1) is 9.93. The van der Waals surface area contributed by atoms with Crippen molar-refractivity contribution in [3.63, 3.8) is 0 Å². The summed E-state index contributed by atoms with van der Waals surface area (Å²) < 4.78 is 1.16. The van der Waals surface area contributed by atoms with Crippen molar-refractivity contribution in [2.75, 3.05) is 20.1 Å². The van der Waals surface area contributed by atoms with Gasteiger partial charge in [-0.1, -0.05) is 0 Å². The van der Waals surface area contributed by atoms with E-state index in [1.165, 1.54) is 4.88 Å². The molecule has 1 heterocycles. The minimum Gasteiger partial charge on any atom is -0.355 e. The summed E-state index contributed by atoms with van der Waals surface area (Å²) >= 11 is 5.22. The molecule has 1 aromatic heterocycles. The Labute approximate surface area is 141 Å². The van der Waals surface area contributed by atoms with Gasteiger partial charge >= 0.3 is 0 Å². The van der Waals surface area contributed by atoms with E-state index in [2.05, 4.69) is 76.3 Å². The minimum atomic E-state index is 0.560. The van der Waals surface area contributed by atoms with Crippen LogP contribution >= 0.6 is 27.3 Å². The van der Waals surface area contributed by atoms with E-state index >= 15 is 0 Å². The van der Waals surface area contributed by atoms with Crippen LogP contribution in [0.3, 0.4) is 0 Å². The molecule has 0 amide bonds. The van der Waals surface area contributed by atoms with Crippen molar-refractivity contribution < 1.29 is 0 Å². The molecule has 4 nitrogen and oxygen atoms in total. The van der Waals surface area contributed by atoms with Crippen molar-refractivity contribution in [2.24, 2.45) is 4.99 Å². The second kappa shape index (κ2) is 9.43. The molecule has 0 atom stereocenters. The summed E-state index contributed by atoms with van der Waals surface area (Å²) in [7, 11) is 1.81. The number of nitrogens with one attached hydrogen (secondary N) is 2. The summed E-state index contributed by atoms with van der Waals surface area (Å²) in [4.78, 5) is 8.02. The van der Waals surface area contributed by atoms with Gasteiger partial charge in [0.1, 0.15) is 0 Å². The molecule has 0 bridgehead atoms. The van der Waals surface area contributed by atoms with Crippen LogP contribution in [0.1, 0.15) is 32.6 Å². The minimum absolute atomic E-state index is 0.560. The number of guanidine groups is 1. The third-order valence-corrected chi connectivity index (χ3v) is 4.90. The number of hydrogen-bond acceptors (Lipinski definition) is 3. The van der Waals surface area contributed by atoms with E-state index in [0.29, 0.717) is 12.1 Å². The first-order valence-electron chi connectivity index (χ1n) is 7.38. The molecule has 0 aliphatic carbocycles. The standard InChI is InChI=1S/C15H27BrN4S/c1-11(2)20(12(3)4)9-8-18-15(17-5)19-10-13-6-7-14(16)21-13/h6-7,11-12H,8-10H2,1-5H3,(H2,17,18,19). The van der Waals surface area contributed by atoms with E-state index in [4.69, 9.17) is 0 Å². The van der Waals surface area contributed by atoms with E-state index < -0.39 is 0 Å². The van der Waals surface area contributed by atoms with Crippen molar-refractivity contribution in [1.29, 1.82) is 0 Å². The fourth-order valence-electron chi connectivity index (χ4n) is 2.25. The van der Waals surface area contributed by atoms with Crippen LogP contribution in [-0.4, -0.2) is 43.1 Å². The van der Waals surface area contributed by atoms with Gasteiger partial charge in [-0.3, -0.25) is 9.89 Å². The lowest BCUT2D eigenvalue weighted by Gasteiger charge is -2.30. The maximum absolute atomic E-state index is 4.27. The first-order valence-corrected chi connectivity index (χ1v) is 8.99. The molecule has 0 unspecified atom stereocenters. The van der Waals surface area contributed by atoms with Crippen molar-refractivity contribution in [1.82, 2.24) is 15.5 Å². The van der Waals surface area contributed by atoms with Crippen LogP contribution in [0, 0.1) is 0 Å².